The second-order valence-corrected chi connectivity index (χ2v) is 8.64. The standard InChI is InChI=1S/C23H19Cl2N5O3/c1-11-20(12(2)33-30-11)13-7-16(21-17(8-13)28-22(31)29-21)23(32,18-5-3-14(24)9-26-18)19-6-4-15(25)10-27-19/h3-10,22,28-29,31-32H,1-2H3. The first-order valence-corrected chi connectivity index (χ1v) is 10.8. The molecular weight excluding hydrogens is 465 g/mol. The first-order chi connectivity index (χ1) is 15.8. The molecule has 0 saturated carbocycles. The highest BCUT2D eigenvalue weighted by molar-refractivity contribution is 6.30. The fraction of sp³-hybridized carbons (Fsp3) is 0.174. The molecule has 1 aliphatic heterocycles. The molecule has 1 aromatic carbocycles. The van der Waals surface area contributed by atoms with Gasteiger partial charge in [-0.2, -0.15) is 0 Å². The van der Waals surface area contributed by atoms with Gasteiger partial charge < -0.3 is 25.4 Å². The summed E-state index contributed by atoms with van der Waals surface area (Å²) >= 11 is 12.1. The number of aliphatic hydroxyl groups excluding tert-OH is 1. The van der Waals surface area contributed by atoms with Crippen LogP contribution in [0.5, 0.6) is 0 Å². The zero-order chi connectivity index (χ0) is 23.3. The second kappa shape index (κ2) is 8.00. The van der Waals surface area contributed by atoms with E-state index in [1.54, 1.807) is 24.3 Å². The predicted molar refractivity (Wildman–Crippen MR) is 125 cm³/mol. The number of nitrogens with zero attached hydrogens (tertiary/aromatic N) is 3. The van der Waals surface area contributed by atoms with Crippen molar-refractivity contribution in [3.05, 3.63) is 87.2 Å². The van der Waals surface area contributed by atoms with Crippen LogP contribution in [-0.4, -0.2) is 31.7 Å². The van der Waals surface area contributed by atoms with Crippen molar-refractivity contribution in [2.75, 3.05) is 10.6 Å². The summed E-state index contributed by atoms with van der Waals surface area (Å²) in [6.45, 7) is 3.66. The van der Waals surface area contributed by atoms with Gasteiger partial charge in [-0.25, -0.2) is 0 Å². The fourth-order valence-corrected chi connectivity index (χ4v) is 4.37. The van der Waals surface area contributed by atoms with Crippen molar-refractivity contribution in [2.24, 2.45) is 0 Å². The van der Waals surface area contributed by atoms with Gasteiger partial charge in [-0.05, 0) is 55.8 Å². The fourth-order valence-electron chi connectivity index (χ4n) is 4.14. The minimum absolute atomic E-state index is 0.294. The quantitative estimate of drug-likeness (QED) is 0.336. The van der Waals surface area contributed by atoms with Crippen LogP contribution in [0.4, 0.5) is 11.4 Å². The molecule has 0 spiro atoms. The second-order valence-electron chi connectivity index (χ2n) is 7.77. The van der Waals surface area contributed by atoms with E-state index in [1.807, 2.05) is 26.0 Å². The highest BCUT2D eigenvalue weighted by atomic mass is 35.5. The zero-order valence-corrected chi connectivity index (χ0v) is 19.1. The van der Waals surface area contributed by atoms with Crippen LogP contribution in [0.3, 0.4) is 0 Å². The first kappa shape index (κ1) is 21.7. The minimum atomic E-state index is -1.81. The van der Waals surface area contributed by atoms with Crippen molar-refractivity contribution in [1.82, 2.24) is 15.1 Å². The van der Waals surface area contributed by atoms with Crippen LogP contribution in [0.1, 0.15) is 28.4 Å². The molecule has 4 heterocycles. The number of rotatable bonds is 4. The van der Waals surface area contributed by atoms with Crippen molar-refractivity contribution < 1.29 is 14.7 Å². The average molecular weight is 484 g/mol. The van der Waals surface area contributed by atoms with E-state index in [0.717, 1.165) is 11.1 Å². The topological polar surface area (TPSA) is 116 Å². The molecule has 0 fully saturated rings. The normalized spacial score (nSPS) is 15.2. The lowest BCUT2D eigenvalue weighted by atomic mass is 9.83. The summed E-state index contributed by atoms with van der Waals surface area (Å²) in [5.74, 6) is 0.627. The van der Waals surface area contributed by atoms with E-state index >= 15 is 0 Å². The maximum atomic E-state index is 12.3. The van der Waals surface area contributed by atoms with Crippen molar-refractivity contribution in [1.29, 1.82) is 0 Å². The van der Waals surface area contributed by atoms with Gasteiger partial charge in [0, 0.05) is 23.5 Å². The Morgan fingerprint density at radius 1 is 0.970 bits per heavy atom. The molecule has 1 atom stereocenters. The molecule has 1 unspecified atom stereocenters. The van der Waals surface area contributed by atoms with Crippen molar-refractivity contribution in [3.63, 3.8) is 0 Å². The highest BCUT2D eigenvalue weighted by Crippen LogP contribution is 2.46. The molecule has 0 bridgehead atoms. The van der Waals surface area contributed by atoms with Gasteiger partial charge in [0.2, 0.25) is 6.35 Å². The largest absolute Gasteiger partial charge is 0.373 e. The summed E-state index contributed by atoms with van der Waals surface area (Å²) < 4.78 is 5.36. The number of aliphatic hydroxyl groups is 2. The highest BCUT2D eigenvalue weighted by Gasteiger charge is 2.41. The molecule has 0 aliphatic carbocycles. The Bertz CT molecular complexity index is 1270. The number of hydrogen-bond donors (Lipinski definition) is 4. The van der Waals surface area contributed by atoms with Crippen molar-refractivity contribution in [2.45, 2.75) is 25.8 Å². The molecule has 4 aromatic rings. The monoisotopic (exact) mass is 483 g/mol. The molecule has 8 nitrogen and oxygen atoms in total. The summed E-state index contributed by atoms with van der Waals surface area (Å²) in [6, 6.07) is 10.2. The number of anilines is 2. The lowest BCUT2D eigenvalue weighted by molar-refractivity contribution is 0.116. The Kier molecular flexibility index (Phi) is 5.25. The maximum absolute atomic E-state index is 12.3. The molecular formula is C23H19Cl2N5O3. The van der Waals surface area contributed by atoms with Gasteiger partial charge in [-0.1, -0.05) is 28.4 Å². The van der Waals surface area contributed by atoms with Crippen LogP contribution >= 0.6 is 23.2 Å². The van der Waals surface area contributed by atoms with E-state index in [4.69, 9.17) is 27.7 Å². The lowest BCUT2D eigenvalue weighted by Crippen LogP contribution is -2.32. The van der Waals surface area contributed by atoms with Gasteiger partial charge in [-0.3, -0.25) is 9.97 Å². The van der Waals surface area contributed by atoms with Crippen LogP contribution in [0.2, 0.25) is 10.0 Å². The Morgan fingerprint density at radius 3 is 2.12 bits per heavy atom. The van der Waals surface area contributed by atoms with E-state index in [9.17, 15) is 10.2 Å². The summed E-state index contributed by atoms with van der Waals surface area (Å²) in [5, 5.41) is 33.5. The van der Waals surface area contributed by atoms with Gasteiger partial charge in [0.25, 0.3) is 0 Å². The molecule has 5 rings (SSSR count). The third-order valence-electron chi connectivity index (χ3n) is 5.62. The Hall–Kier alpha value is -3.17. The number of hydrogen-bond acceptors (Lipinski definition) is 8. The molecule has 168 valence electrons. The number of aryl methyl sites for hydroxylation is 2. The molecule has 3 aromatic heterocycles. The van der Waals surface area contributed by atoms with Gasteiger partial charge in [0.05, 0.1) is 38.5 Å². The van der Waals surface area contributed by atoms with Crippen molar-refractivity contribution in [3.8, 4) is 11.1 Å². The molecule has 4 N–H and O–H groups in total. The summed E-state index contributed by atoms with van der Waals surface area (Å²) in [7, 11) is 0. The predicted octanol–water partition coefficient (Wildman–Crippen LogP) is 4.45. The van der Waals surface area contributed by atoms with E-state index < -0.39 is 12.0 Å². The number of aromatic nitrogens is 3. The van der Waals surface area contributed by atoms with E-state index in [-0.39, 0.29) is 0 Å². The molecule has 10 heteroatoms. The van der Waals surface area contributed by atoms with Gasteiger partial charge in [0.1, 0.15) is 5.76 Å². The number of benzene rings is 1. The van der Waals surface area contributed by atoms with Crippen LogP contribution in [0.15, 0.2) is 53.3 Å². The number of fused-ring (bicyclic) bond motifs is 1. The zero-order valence-electron chi connectivity index (χ0n) is 17.6. The molecule has 0 radical (unpaired) electrons. The summed E-state index contributed by atoms with van der Waals surface area (Å²) in [5.41, 5.74) is 2.53. The molecule has 0 amide bonds. The molecule has 1 aliphatic rings. The number of halogens is 2. The van der Waals surface area contributed by atoms with Crippen LogP contribution in [-0.2, 0) is 5.60 Å². The van der Waals surface area contributed by atoms with Crippen LogP contribution < -0.4 is 10.6 Å². The average Bonchev–Trinajstić information content (AvgIpc) is 3.33. The van der Waals surface area contributed by atoms with Crippen molar-refractivity contribution >= 4 is 34.6 Å². The molecule has 33 heavy (non-hydrogen) atoms. The van der Waals surface area contributed by atoms with E-state index in [2.05, 4.69) is 25.8 Å². The van der Waals surface area contributed by atoms with Gasteiger partial charge in [0.15, 0.2) is 5.60 Å². The Balaban J connectivity index is 1.83. The number of nitrogens with one attached hydrogen (secondary N) is 2. The van der Waals surface area contributed by atoms with E-state index in [1.165, 1.54) is 12.4 Å². The molecule has 0 saturated heterocycles. The SMILES string of the molecule is Cc1noc(C)c1-c1cc2c(c(C(O)(c3ccc(Cl)cn3)c3ccc(Cl)cn3)c1)NC(O)N2. The van der Waals surface area contributed by atoms with Crippen LogP contribution in [0.25, 0.3) is 11.1 Å². The van der Waals surface area contributed by atoms with E-state index in [0.29, 0.717) is 49.8 Å². The smallest absolute Gasteiger partial charge is 0.202 e. The first-order valence-electron chi connectivity index (χ1n) is 10.1. The van der Waals surface area contributed by atoms with Crippen LogP contribution in [0, 0.1) is 13.8 Å². The van der Waals surface area contributed by atoms with Gasteiger partial charge >= 0.3 is 0 Å². The third-order valence-corrected chi connectivity index (χ3v) is 6.07. The Morgan fingerprint density at radius 2 is 1.61 bits per heavy atom. The summed E-state index contributed by atoms with van der Waals surface area (Å²) in [4.78, 5) is 8.80. The maximum Gasteiger partial charge on any atom is 0.202 e. The number of pyridine rings is 2. The summed E-state index contributed by atoms with van der Waals surface area (Å²) in [6.07, 6.45) is 1.87. The Labute approximate surface area is 199 Å². The van der Waals surface area contributed by atoms with Gasteiger partial charge in [-0.15, -0.1) is 0 Å². The lowest BCUT2D eigenvalue weighted by Gasteiger charge is -2.30. The third kappa shape index (κ3) is 3.61. The minimum Gasteiger partial charge on any atom is -0.373 e.